The van der Waals surface area contributed by atoms with E-state index >= 15 is 0 Å². The highest BCUT2D eigenvalue weighted by molar-refractivity contribution is 9.10. The number of aromatic nitrogens is 2. The largest absolute Gasteiger partial charge is 0.322 e. The van der Waals surface area contributed by atoms with Crippen molar-refractivity contribution >= 4 is 27.5 Å². The number of rotatable bonds is 4. The molecule has 0 aliphatic carbocycles. The monoisotopic (exact) mass is 369 g/mol. The molecule has 0 bridgehead atoms. The summed E-state index contributed by atoms with van der Waals surface area (Å²) in [6.07, 6.45) is 4.47. The number of carbonyl (C=O) groups is 1. The Morgan fingerprint density at radius 1 is 1.17 bits per heavy atom. The first-order valence-corrected chi connectivity index (χ1v) is 8.16. The molecule has 0 fully saturated rings. The van der Waals surface area contributed by atoms with Gasteiger partial charge in [-0.3, -0.25) is 4.79 Å². The van der Waals surface area contributed by atoms with Crippen LogP contribution < -0.4 is 5.32 Å². The van der Waals surface area contributed by atoms with Gasteiger partial charge in [-0.1, -0.05) is 25.1 Å². The Balaban J connectivity index is 1.78. The molecule has 116 valence electrons. The lowest BCUT2D eigenvalue weighted by Gasteiger charge is -2.10. The van der Waals surface area contributed by atoms with Crippen molar-refractivity contribution < 1.29 is 4.79 Å². The fourth-order valence-electron chi connectivity index (χ4n) is 2.35. The molecule has 0 saturated heterocycles. The highest BCUT2D eigenvalue weighted by atomic mass is 79.9. The molecular weight excluding hydrogens is 354 g/mol. The second-order valence-electron chi connectivity index (χ2n) is 5.11. The van der Waals surface area contributed by atoms with Gasteiger partial charge in [0, 0.05) is 17.4 Å². The molecule has 23 heavy (non-hydrogen) atoms. The fourth-order valence-corrected chi connectivity index (χ4v) is 2.64. The summed E-state index contributed by atoms with van der Waals surface area (Å²) >= 11 is 3.37. The molecular formula is C18H16BrN3O. The molecule has 0 radical (unpaired) electrons. The number of para-hydroxylation sites is 1. The average Bonchev–Trinajstić information content (AvgIpc) is 3.02. The zero-order chi connectivity index (χ0) is 16.2. The van der Waals surface area contributed by atoms with Crippen molar-refractivity contribution in [3.63, 3.8) is 0 Å². The minimum absolute atomic E-state index is 0.112. The van der Waals surface area contributed by atoms with Gasteiger partial charge in [0.15, 0.2) is 0 Å². The lowest BCUT2D eigenvalue weighted by atomic mass is 10.1. The summed E-state index contributed by atoms with van der Waals surface area (Å²) in [6.45, 7) is 2.07. The molecule has 3 rings (SSSR count). The molecule has 1 amide bonds. The molecule has 1 N–H and O–H groups in total. The Kier molecular flexibility index (Phi) is 4.57. The van der Waals surface area contributed by atoms with Gasteiger partial charge in [0.05, 0.1) is 16.4 Å². The van der Waals surface area contributed by atoms with E-state index in [1.807, 2.05) is 42.6 Å². The van der Waals surface area contributed by atoms with Crippen LogP contribution in [0.25, 0.3) is 5.69 Å². The molecule has 0 spiro atoms. The van der Waals surface area contributed by atoms with Gasteiger partial charge in [-0.15, -0.1) is 0 Å². The molecule has 0 atom stereocenters. The van der Waals surface area contributed by atoms with E-state index < -0.39 is 0 Å². The molecule has 4 nitrogen and oxygen atoms in total. The van der Waals surface area contributed by atoms with Crippen LogP contribution >= 0.6 is 15.9 Å². The van der Waals surface area contributed by atoms with E-state index in [1.165, 1.54) is 0 Å². The first kappa shape index (κ1) is 15.5. The predicted molar refractivity (Wildman–Crippen MR) is 95.0 cm³/mol. The Morgan fingerprint density at radius 2 is 1.91 bits per heavy atom. The summed E-state index contributed by atoms with van der Waals surface area (Å²) in [7, 11) is 0. The van der Waals surface area contributed by atoms with Gasteiger partial charge in [-0.25, -0.2) is 4.68 Å². The number of benzene rings is 2. The van der Waals surface area contributed by atoms with Gasteiger partial charge < -0.3 is 5.32 Å². The maximum atomic E-state index is 12.4. The van der Waals surface area contributed by atoms with Crippen molar-refractivity contribution in [1.29, 1.82) is 0 Å². The maximum Gasteiger partial charge on any atom is 0.255 e. The third-order valence-electron chi connectivity index (χ3n) is 3.59. The Morgan fingerprint density at radius 3 is 2.57 bits per heavy atom. The number of nitrogens with one attached hydrogen (secondary N) is 1. The molecule has 2 aromatic carbocycles. The number of carbonyl (C=O) groups excluding carboxylic acids is 1. The SMILES string of the molecule is CCc1ccccc1NC(=O)c1ccc(-n2cc(Br)cn2)cc1. The third kappa shape index (κ3) is 3.51. The normalized spacial score (nSPS) is 10.5. The molecule has 1 aromatic heterocycles. The molecule has 0 aliphatic rings. The van der Waals surface area contributed by atoms with Gasteiger partial charge in [0.25, 0.3) is 5.91 Å². The Hall–Kier alpha value is -2.40. The van der Waals surface area contributed by atoms with Crippen LogP contribution in [0.3, 0.4) is 0 Å². The van der Waals surface area contributed by atoms with Crippen molar-refractivity contribution in [2.24, 2.45) is 0 Å². The van der Waals surface area contributed by atoms with E-state index in [-0.39, 0.29) is 5.91 Å². The van der Waals surface area contributed by atoms with Crippen molar-refractivity contribution in [2.75, 3.05) is 5.32 Å². The number of amides is 1. The van der Waals surface area contributed by atoms with Crippen LogP contribution in [-0.2, 0) is 6.42 Å². The maximum absolute atomic E-state index is 12.4. The van der Waals surface area contributed by atoms with E-state index in [1.54, 1.807) is 23.0 Å². The average molecular weight is 370 g/mol. The van der Waals surface area contributed by atoms with E-state index in [0.29, 0.717) is 5.56 Å². The predicted octanol–water partition coefficient (Wildman–Crippen LogP) is 4.45. The molecule has 3 aromatic rings. The molecule has 0 aliphatic heterocycles. The summed E-state index contributed by atoms with van der Waals surface area (Å²) in [5, 5.41) is 7.19. The number of nitrogens with zero attached hydrogens (tertiary/aromatic N) is 2. The van der Waals surface area contributed by atoms with Crippen LogP contribution in [0, 0.1) is 0 Å². The van der Waals surface area contributed by atoms with Gasteiger partial charge in [-0.2, -0.15) is 5.10 Å². The van der Waals surface area contributed by atoms with E-state index in [9.17, 15) is 4.79 Å². The second-order valence-corrected chi connectivity index (χ2v) is 6.03. The minimum Gasteiger partial charge on any atom is -0.322 e. The first-order chi connectivity index (χ1) is 11.2. The second kappa shape index (κ2) is 6.79. The van der Waals surface area contributed by atoms with Gasteiger partial charge in [0.2, 0.25) is 0 Å². The zero-order valence-corrected chi connectivity index (χ0v) is 14.2. The molecule has 0 saturated carbocycles. The van der Waals surface area contributed by atoms with Gasteiger partial charge >= 0.3 is 0 Å². The minimum atomic E-state index is -0.112. The van der Waals surface area contributed by atoms with Gasteiger partial charge in [-0.05, 0) is 58.2 Å². The van der Waals surface area contributed by atoms with Crippen LogP contribution in [0.2, 0.25) is 0 Å². The number of hydrogen-bond acceptors (Lipinski definition) is 2. The number of anilines is 1. The summed E-state index contributed by atoms with van der Waals surface area (Å²) < 4.78 is 2.66. The van der Waals surface area contributed by atoms with Crippen LogP contribution in [0.15, 0.2) is 65.4 Å². The van der Waals surface area contributed by atoms with Crippen LogP contribution in [-0.4, -0.2) is 15.7 Å². The zero-order valence-electron chi connectivity index (χ0n) is 12.7. The van der Waals surface area contributed by atoms with E-state index in [4.69, 9.17) is 0 Å². The molecule has 5 heteroatoms. The lowest BCUT2D eigenvalue weighted by Crippen LogP contribution is -2.13. The first-order valence-electron chi connectivity index (χ1n) is 7.37. The van der Waals surface area contributed by atoms with E-state index in [2.05, 4.69) is 33.3 Å². The van der Waals surface area contributed by atoms with E-state index in [0.717, 1.165) is 27.8 Å². The van der Waals surface area contributed by atoms with Crippen molar-refractivity contribution in [3.05, 3.63) is 76.5 Å². The van der Waals surface area contributed by atoms with Crippen molar-refractivity contribution in [3.8, 4) is 5.69 Å². The molecule has 1 heterocycles. The fraction of sp³-hybridized carbons (Fsp3) is 0.111. The summed E-state index contributed by atoms with van der Waals surface area (Å²) in [5.74, 6) is -0.112. The third-order valence-corrected chi connectivity index (χ3v) is 4.00. The number of aryl methyl sites for hydroxylation is 1. The molecule has 0 unspecified atom stereocenters. The summed E-state index contributed by atoms with van der Waals surface area (Å²) in [5.41, 5.74) is 3.51. The van der Waals surface area contributed by atoms with Crippen LogP contribution in [0.4, 0.5) is 5.69 Å². The Labute approximate surface area is 143 Å². The van der Waals surface area contributed by atoms with Crippen LogP contribution in [0.5, 0.6) is 0 Å². The van der Waals surface area contributed by atoms with Crippen molar-refractivity contribution in [1.82, 2.24) is 9.78 Å². The quantitative estimate of drug-likeness (QED) is 0.738. The lowest BCUT2D eigenvalue weighted by molar-refractivity contribution is 0.102. The highest BCUT2D eigenvalue weighted by Crippen LogP contribution is 2.18. The number of halogens is 1. The highest BCUT2D eigenvalue weighted by Gasteiger charge is 2.09. The topological polar surface area (TPSA) is 46.9 Å². The Bertz CT molecular complexity index is 824. The smallest absolute Gasteiger partial charge is 0.255 e. The summed E-state index contributed by atoms with van der Waals surface area (Å²) in [6, 6.07) is 15.2. The van der Waals surface area contributed by atoms with Gasteiger partial charge in [0.1, 0.15) is 0 Å². The number of hydrogen-bond donors (Lipinski definition) is 1. The summed E-state index contributed by atoms with van der Waals surface area (Å²) in [4.78, 5) is 12.4. The van der Waals surface area contributed by atoms with Crippen molar-refractivity contribution in [2.45, 2.75) is 13.3 Å². The standard InChI is InChI=1S/C18H16BrN3O/c1-2-13-5-3-4-6-17(13)21-18(23)14-7-9-16(10-8-14)22-12-15(19)11-20-22/h3-12H,2H2,1H3,(H,21,23). The van der Waals surface area contributed by atoms with Crippen LogP contribution in [0.1, 0.15) is 22.8 Å².